The van der Waals surface area contributed by atoms with Crippen LogP contribution in [0.2, 0.25) is 0 Å². The molecule has 0 aliphatic heterocycles. The molecule has 1 atom stereocenters. The molecule has 0 radical (unpaired) electrons. The molecule has 1 aliphatic carbocycles. The van der Waals surface area contributed by atoms with E-state index < -0.39 is 0 Å². The average Bonchev–Trinajstić information content (AvgIpc) is 3.07. The van der Waals surface area contributed by atoms with E-state index >= 15 is 0 Å². The monoisotopic (exact) mass is 254 g/mol. The third-order valence-corrected chi connectivity index (χ3v) is 4.98. The first kappa shape index (κ1) is 13.0. The highest BCUT2D eigenvalue weighted by Gasteiger charge is 2.44. The Kier molecular flexibility index (Phi) is 3.85. The van der Waals surface area contributed by atoms with Crippen molar-refractivity contribution >= 4 is 11.3 Å². The van der Waals surface area contributed by atoms with Gasteiger partial charge in [-0.25, -0.2) is 4.98 Å². The largest absolute Gasteiger partial charge is 0.383 e. The SMILES string of the molecule is COCCNC(C)(c1nc(C)c(C)s1)C1CC1. The van der Waals surface area contributed by atoms with Gasteiger partial charge in [-0.1, -0.05) is 0 Å². The lowest BCUT2D eigenvalue weighted by atomic mass is 9.96. The summed E-state index contributed by atoms with van der Waals surface area (Å²) < 4.78 is 5.12. The fraction of sp³-hybridized carbons (Fsp3) is 0.769. The van der Waals surface area contributed by atoms with Crippen LogP contribution < -0.4 is 5.32 Å². The number of nitrogens with zero attached hydrogens (tertiary/aromatic N) is 1. The van der Waals surface area contributed by atoms with E-state index in [9.17, 15) is 0 Å². The second-order valence-electron chi connectivity index (χ2n) is 5.06. The molecule has 1 aliphatic rings. The minimum atomic E-state index is 0.0439. The van der Waals surface area contributed by atoms with E-state index in [0.717, 1.165) is 19.1 Å². The van der Waals surface area contributed by atoms with Crippen molar-refractivity contribution in [3.05, 3.63) is 15.6 Å². The summed E-state index contributed by atoms with van der Waals surface area (Å²) in [5.74, 6) is 0.740. The standard InChI is InChI=1S/C13H22N2OS/c1-9-10(2)17-12(15-9)13(3,11-5-6-11)14-7-8-16-4/h11,14H,5-8H2,1-4H3. The molecule has 1 aromatic heterocycles. The number of thiazole rings is 1. The third-order valence-electron chi connectivity index (χ3n) is 3.67. The van der Waals surface area contributed by atoms with Crippen molar-refractivity contribution in [1.29, 1.82) is 0 Å². The van der Waals surface area contributed by atoms with Crippen LogP contribution in [0.1, 0.15) is 35.3 Å². The van der Waals surface area contributed by atoms with Gasteiger partial charge in [0.2, 0.25) is 0 Å². The molecule has 0 amide bonds. The molecule has 1 fully saturated rings. The molecule has 17 heavy (non-hydrogen) atoms. The van der Waals surface area contributed by atoms with Crippen LogP contribution in [0.15, 0.2) is 0 Å². The molecule has 0 aromatic carbocycles. The fourth-order valence-corrected chi connectivity index (χ4v) is 3.28. The molecule has 3 nitrogen and oxygen atoms in total. The number of aromatic nitrogens is 1. The topological polar surface area (TPSA) is 34.1 Å². The lowest BCUT2D eigenvalue weighted by Gasteiger charge is -2.29. The van der Waals surface area contributed by atoms with Crippen molar-refractivity contribution in [3.8, 4) is 0 Å². The van der Waals surface area contributed by atoms with Gasteiger partial charge in [0.05, 0.1) is 17.8 Å². The van der Waals surface area contributed by atoms with Crippen molar-refractivity contribution < 1.29 is 4.74 Å². The average molecular weight is 254 g/mol. The van der Waals surface area contributed by atoms with Gasteiger partial charge in [0, 0.05) is 18.5 Å². The Labute approximate surface area is 108 Å². The maximum atomic E-state index is 5.12. The van der Waals surface area contributed by atoms with Crippen molar-refractivity contribution in [2.45, 2.75) is 39.2 Å². The number of ether oxygens (including phenoxy) is 1. The third kappa shape index (κ3) is 2.69. The lowest BCUT2D eigenvalue weighted by Crippen LogP contribution is -2.43. The van der Waals surface area contributed by atoms with Gasteiger partial charge in [-0.05, 0) is 39.5 Å². The summed E-state index contributed by atoms with van der Waals surface area (Å²) in [4.78, 5) is 6.07. The molecule has 4 heteroatoms. The summed E-state index contributed by atoms with van der Waals surface area (Å²) in [5.41, 5.74) is 1.22. The van der Waals surface area contributed by atoms with Crippen LogP contribution in [0, 0.1) is 19.8 Å². The van der Waals surface area contributed by atoms with Gasteiger partial charge in [-0.15, -0.1) is 11.3 Å². The zero-order valence-electron chi connectivity index (χ0n) is 11.2. The number of hydrogen-bond acceptors (Lipinski definition) is 4. The predicted octanol–water partition coefficient (Wildman–Crippen LogP) is 2.62. The van der Waals surface area contributed by atoms with E-state index in [-0.39, 0.29) is 5.54 Å². The normalized spacial score (nSPS) is 19.3. The van der Waals surface area contributed by atoms with Crippen LogP contribution in [-0.4, -0.2) is 25.2 Å². The Morgan fingerprint density at radius 3 is 2.65 bits per heavy atom. The van der Waals surface area contributed by atoms with Crippen molar-refractivity contribution in [2.24, 2.45) is 5.92 Å². The molecule has 1 heterocycles. The Hall–Kier alpha value is -0.450. The zero-order valence-corrected chi connectivity index (χ0v) is 12.0. The summed E-state index contributed by atoms with van der Waals surface area (Å²) in [6.45, 7) is 8.18. The summed E-state index contributed by atoms with van der Waals surface area (Å²) in [6.07, 6.45) is 2.63. The van der Waals surface area contributed by atoms with Crippen LogP contribution in [0.4, 0.5) is 0 Å². The van der Waals surface area contributed by atoms with Crippen molar-refractivity contribution in [1.82, 2.24) is 10.3 Å². The highest BCUT2D eigenvalue weighted by molar-refractivity contribution is 7.11. The molecular weight excluding hydrogens is 232 g/mol. The highest BCUT2D eigenvalue weighted by atomic mass is 32.1. The zero-order chi connectivity index (χ0) is 12.5. The number of hydrogen-bond donors (Lipinski definition) is 1. The minimum absolute atomic E-state index is 0.0439. The summed E-state index contributed by atoms with van der Waals surface area (Å²) in [5, 5.41) is 4.88. The molecule has 1 N–H and O–H groups in total. The molecule has 0 spiro atoms. The number of rotatable bonds is 6. The maximum Gasteiger partial charge on any atom is 0.113 e. The Morgan fingerprint density at radius 2 is 2.18 bits per heavy atom. The summed E-state index contributed by atoms with van der Waals surface area (Å²) in [6, 6.07) is 0. The van der Waals surface area contributed by atoms with Gasteiger partial charge in [-0.3, -0.25) is 0 Å². The molecular formula is C13H22N2OS. The Balaban J connectivity index is 2.15. The summed E-state index contributed by atoms with van der Waals surface area (Å²) >= 11 is 1.83. The molecule has 1 aromatic rings. The van der Waals surface area contributed by atoms with Crippen LogP contribution in [0.3, 0.4) is 0 Å². The van der Waals surface area contributed by atoms with Gasteiger partial charge in [0.25, 0.3) is 0 Å². The van der Waals surface area contributed by atoms with Crippen molar-refractivity contribution in [3.63, 3.8) is 0 Å². The second-order valence-corrected chi connectivity index (χ2v) is 6.26. The molecule has 0 saturated heterocycles. The molecule has 96 valence electrons. The van der Waals surface area contributed by atoms with E-state index in [1.165, 1.54) is 28.4 Å². The Morgan fingerprint density at radius 1 is 1.47 bits per heavy atom. The smallest absolute Gasteiger partial charge is 0.113 e. The maximum absolute atomic E-state index is 5.12. The van der Waals surface area contributed by atoms with E-state index in [0.29, 0.717) is 0 Å². The highest BCUT2D eigenvalue weighted by Crippen LogP contribution is 2.46. The number of nitrogens with one attached hydrogen (secondary N) is 1. The minimum Gasteiger partial charge on any atom is -0.383 e. The van der Waals surface area contributed by atoms with E-state index in [1.807, 2.05) is 11.3 Å². The summed E-state index contributed by atoms with van der Waals surface area (Å²) in [7, 11) is 1.74. The molecule has 1 saturated carbocycles. The van der Waals surface area contributed by atoms with Gasteiger partial charge in [0.15, 0.2) is 0 Å². The lowest BCUT2D eigenvalue weighted by molar-refractivity contribution is 0.181. The van der Waals surface area contributed by atoms with Gasteiger partial charge in [0.1, 0.15) is 5.01 Å². The predicted molar refractivity (Wildman–Crippen MR) is 71.5 cm³/mol. The fourth-order valence-electron chi connectivity index (χ4n) is 2.16. The van der Waals surface area contributed by atoms with Crippen LogP contribution in [0.5, 0.6) is 0 Å². The van der Waals surface area contributed by atoms with Gasteiger partial charge in [-0.2, -0.15) is 0 Å². The quantitative estimate of drug-likeness (QED) is 0.792. The first-order valence-electron chi connectivity index (χ1n) is 6.26. The van der Waals surface area contributed by atoms with Gasteiger partial charge < -0.3 is 10.1 Å². The molecule has 2 rings (SSSR count). The van der Waals surface area contributed by atoms with Crippen LogP contribution >= 0.6 is 11.3 Å². The number of methoxy groups -OCH3 is 1. The van der Waals surface area contributed by atoms with Crippen LogP contribution in [-0.2, 0) is 10.3 Å². The number of aryl methyl sites for hydroxylation is 2. The van der Waals surface area contributed by atoms with Crippen LogP contribution in [0.25, 0.3) is 0 Å². The van der Waals surface area contributed by atoms with Crippen molar-refractivity contribution in [2.75, 3.05) is 20.3 Å². The van der Waals surface area contributed by atoms with E-state index in [1.54, 1.807) is 7.11 Å². The second kappa shape index (κ2) is 5.04. The Bertz CT molecular complexity index is 367. The van der Waals surface area contributed by atoms with E-state index in [2.05, 4.69) is 26.1 Å². The molecule has 0 bridgehead atoms. The molecule has 1 unspecified atom stereocenters. The first-order valence-corrected chi connectivity index (χ1v) is 7.08. The first-order chi connectivity index (χ1) is 8.08. The van der Waals surface area contributed by atoms with E-state index in [4.69, 9.17) is 9.72 Å². The van der Waals surface area contributed by atoms with Gasteiger partial charge >= 0.3 is 0 Å².